The second-order valence-electron chi connectivity index (χ2n) is 4.71. The number of carbonyl (C=O) groups is 1. The molecule has 1 unspecified atom stereocenters. The summed E-state index contributed by atoms with van der Waals surface area (Å²) in [5.41, 5.74) is 0. The Morgan fingerprint density at radius 3 is 2.13 bits per heavy atom. The maximum atomic E-state index is 11.7. The van der Waals surface area contributed by atoms with Crippen LogP contribution in [-0.2, 0) is 4.79 Å². The van der Waals surface area contributed by atoms with Crippen molar-refractivity contribution in [2.24, 2.45) is 5.92 Å². The largest absolute Gasteiger partial charge is 0.353 e. The normalized spacial score (nSPS) is 30.7. The molecule has 0 bridgehead atoms. The molecule has 0 aromatic carbocycles. The molecule has 1 amide bonds. The van der Waals surface area contributed by atoms with E-state index in [0.29, 0.717) is 12.5 Å². The lowest BCUT2D eigenvalue weighted by atomic mass is 10.1. The Morgan fingerprint density at radius 1 is 1.13 bits per heavy atom. The van der Waals surface area contributed by atoms with Crippen molar-refractivity contribution in [3.05, 3.63) is 0 Å². The highest BCUT2D eigenvalue weighted by Gasteiger charge is 2.56. The van der Waals surface area contributed by atoms with E-state index in [4.69, 9.17) is 23.2 Å². The number of carbonyl (C=O) groups excluding carboxylic acids is 1. The number of rotatable bonds is 2. The van der Waals surface area contributed by atoms with E-state index in [0.717, 1.165) is 12.8 Å². The Labute approximate surface area is 101 Å². The van der Waals surface area contributed by atoms with Crippen molar-refractivity contribution < 1.29 is 4.79 Å². The lowest BCUT2D eigenvalue weighted by molar-refractivity contribution is -0.123. The summed E-state index contributed by atoms with van der Waals surface area (Å²) >= 11 is 11.7. The van der Waals surface area contributed by atoms with Crippen molar-refractivity contribution >= 4 is 29.1 Å². The van der Waals surface area contributed by atoms with Gasteiger partial charge in [-0.25, -0.2) is 0 Å². The minimum Gasteiger partial charge on any atom is -0.353 e. The Bertz CT molecular complexity index is 247. The van der Waals surface area contributed by atoms with Crippen molar-refractivity contribution in [2.75, 3.05) is 0 Å². The molecule has 0 heterocycles. The summed E-state index contributed by atoms with van der Waals surface area (Å²) in [6, 6.07) is 0.352. The highest BCUT2D eigenvalue weighted by molar-refractivity contribution is 6.52. The minimum atomic E-state index is -0.783. The molecule has 2 fully saturated rings. The number of hydrogen-bond acceptors (Lipinski definition) is 1. The third kappa shape index (κ3) is 3.01. The van der Waals surface area contributed by atoms with Crippen molar-refractivity contribution in [3.8, 4) is 0 Å². The van der Waals surface area contributed by atoms with Gasteiger partial charge in [0.05, 0.1) is 5.92 Å². The Morgan fingerprint density at radius 2 is 1.67 bits per heavy atom. The fraction of sp³-hybridized carbons (Fsp3) is 0.909. The van der Waals surface area contributed by atoms with Crippen molar-refractivity contribution in [3.63, 3.8) is 0 Å². The molecule has 0 aliphatic heterocycles. The van der Waals surface area contributed by atoms with Gasteiger partial charge in [-0.3, -0.25) is 4.79 Å². The zero-order valence-corrected chi connectivity index (χ0v) is 10.3. The molecule has 4 heteroatoms. The molecule has 0 spiro atoms. The second kappa shape index (κ2) is 4.50. The number of alkyl halides is 2. The van der Waals surface area contributed by atoms with Crippen LogP contribution in [0.4, 0.5) is 0 Å². The van der Waals surface area contributed by atoms with E-state index in [1.165, 1.54) is 25.7 Å². The molecule has 2 aliphatic carbocycles. The maximum Gasteiger partial charge on any atom is 0.226 e. The van der Waals surface area contributed by atoms with Gasteiger partial charge in [0.1, 0.15) is 4.33 Å². The van der Waals surface area contributed by atoms with Crippen LogP contribution in [0.1, 0.15) is 44.9 Å². The number of halogens is 2. The van der Waals surface area contributed by atoms with Crippen LogP contribution in [0.3, 0.4) is 0 Å². The highest BCUT2D eigenvalue weighted by Crippen LogP contribution is 2.53. The zero-order valence-electron chi connectivity index (χ0n) is 8.77. The van der Waals surface area contributed by atoms with Crippen LogP contribution in [0.2, 0.25) is 0 Å². The first-order valence-electron chi connectivity index (χ1n) is 5.78. The smallest absolute Gasteiger partial charge is 0.226 e. The highest BCUT2D eigenvalue weighted by atomic mass is 35.5. The summed E-state index contributed by atoms with van der Waals surface area (Å²) < 4.78 is -0.783. The third-order valence-electron chi connectivity index (χ3n) is 3.34. The number of hydrogen-bond donors (Lipinski definition) is 1. The predicted octanol–water partition coefficient (Wildman–Crippen LogP) is 3.02. The van der Waals surface area contributed by atoms with E-state index < -0.39 is 4.33 Å². The van der Waals surface area contributed by atoms with Gasteiger partial charge < -0.3 is 5.32 Å². The quantitative estimate of drug-likeness (QED) is 0.592. The van der Waals surface area contributed by atoms with Gasteiger partial charge in [0.25, 0.3) is 0 Å². The van der Waals surface area contributed by atoms with E-state index >= 15 is 0 Å². The van der Waals surface area contributed by atoms with E-state index in [1.807, 2.05) is 0 Å². The lowest BCUT2D eigenvalue weighted by Gasteiger charge is -2.16. The van der Waals surface area contributed by atoms with E-state index in [2.05, 4.69) is 5.32 Å². The van der Waals surface area contributed by atoms with Crippen LogP contribution >= 0.6 is 23.2 Å². The molecule has 1 atom stereocenters. The summed E-state index contributed by atoms with van der Waals surface area (Å²) in [7, 11) is 0. The molecular weight excluding hydrogens is 233 g/mol. The molecule has 2 rings (SSSR count). The Balaban J connectivity index is 1.78. The van der Waals surface area contributed by atoms with E-state index in [9.17, 15) is 4.79 Å². The van der Waals surface area contributed by atoms with Crippen LogP contribution in [0.5, 0.6) is 0 Å². The summed E-state index contributed by atoms with van der Waals surface area (Å²) in [5.74, 6) is -0.129. The molecule has 0 aromatic heterocycles. The summed E-state index contributed by atoms with van der Waals surface area (Å²) in [6.07, 6.45) is 7.86. The van der Waals surface area contributed by atoms with Gasteiger partial charge in [0.2, 0.25) is 5.91 Å². The standard InChI is InChI=1S/C11H17Cl2NO/c12-11(13)7-9(11)10(15)14-8-5-3-1-2-4-6-8/h8-9H,1-7H2,(H,14,15). The monoisotopic (exact) mass is 249 g/mol. The van der Waals surface area contributed by atoms with Crippen LogP contribution in [0.15, 0.2) is 0 Å². The fourth-order valence-electron chi connectivity index (χ4n) is 2.22. The molecule has 2 aliphatic rings. The van der Waals surface area contributed by atoms with Gasteiger partial charge in [-0.2, -0.15) is 0 Å². The molecule has 15 heavy (non-hydrogen) atoms. The van der Waals surface area contributed by atoms with Crippen molar-refractivity contribution in [1.82, 2.24) is 5.32 Å². The van der Waals surface area contributed by atoms with E-state index in [-0.39, 0.29) is 11.8 Å². The fourth-order valence-corrected chi connectivity index (χ4v) is 2.73. The number of nitrogens with one attached hydrogen (secondary N) is 1. The first-order chi connectivity index (χ1) is 7.09. The Hall–Kier alpha value is 0.0500. The number of amides is 1. The zero-order chi connectivity index (χ0) is 10.9. The predicted molar refractivity (Wildman–Crippen MR) is 62.2 cm³/mol. The van der Waals surface area contributed by atoms with Gasteiger partial charge in [0, 0.05) is 6.04 Å². The SMILES string of the molecule is O=C(NC1CCCCCC1)C1CC1(Cl)Cl. The van der Waals surface area contributed by atoms with Gasteiger partial charge in [-0.05, 0) is 19.3 Å². The van der Waals surface area contributed by atoms with E-state index in [1.54, 1.807) is 0 Å². The topological polar surface area (TPSA) is 29.1 Å². The van der Waals surface area contributed by atoms with Gasteiger partial charge in [-0.15, -0.1) is 23.2 Å². The molecule has 86 valence electrons. The average Bonchev–Trinajstić information content (AvgIpc) is 2.85. The third-order valence-corrected chi connectivity index (χ3v) is 4.18. The van der Waals surface area contributed by atoms with Crippen LogP contribution in [0.25, 0.3) is 0 Å². The van der Waals surface area contributed by atoms with Crippen LogP contribution < -0.4 is 5.32 Å². The van der Waals surface area contributed by atoms with Crippen molar-refractivity contribution in [2.45, 2.75) is 55.3 Å². The first kappa shape index (κ1) is 11.5. The summed E-state index contributed by atoms with van der Waals surface area (Å²) in [6.45, 7) is 0. The maximum absolute atomic E-state index is 11.7. The molecule has 0 saturated heterocycles. The molecule has 2 nitrogen and oxygen atoms in total. The van der Waals surface area contributed by atoms with Gasteiger partial charge >= 0.3 is 0 Å². The minimum absolute atomic E-state index is 0.0481. The molecule has 0 aromatic rings. The lowest BCUT2D eigenvalue weighted by Crippen LogP contribution is -2.36. The average molecular weight is 250 g/mol. The first-order valence-corrected chi connectivity index (χ1v) is 6.53. The molecular formula is C11H17Cl2NO. The van der Waals surface area contributed by atoms with Crippen LogP contribution in [0, 0.1) is 5.92 Å². The summed E-state index contributed by atoms with van der Waals surface area (Å²) in [5, 5.41) is 3.07. The van der Waals surface area contributed by atoms with Gasteiger partial charge in [0.15, 0.2) is 0 Å². The molecule has 0 radical (unpaired) electrons. The second-order valence-corrected chi connectivity index (χ2v) is 6.26. The molecule has 1 N–H and O–H groups in total. The molecule has 2 saturated carbocycles. The van der Waals surface area contributed by atoms with Crippen LogP contribution in [-0.4, -0.2) is 16.3 Å². The Kier molecular flexibility index (Phi) is 3.46. The van der Waals surface area contributed by atoms with Gasteiger partial charge in [-0.1, -0.05) is 25.7 Å². The summed E-state index contributed by atoms with van der Waals surface area (Å²) in [4.78, 5) is 11.7. The van der Waals surface area contributed by atoms with Crippen molar-refractivity contribution in [1.29, 1.82) is 0 Å².